The second-order valence-electron chi connectivity index (χ2n) is 5.94. The molecule has 0 bridgehead atoms. The number of hydrogen-bond acceptors (Lipinski definition) is 4. The summed E-state index contributed by atoms with van der Waals surface area (Å²) in [6.07, 6.45) is 0.325. The number of oxime groups is 1. The molecule has 0 spiro atoms. The summed E-state index contributed by atoms with van der Waals surface area (Å²) in [7, 11) is 1.38. The van der Waals surface area contributed by atoms with E-state index in [4.69, 9.17) is 9.57 Å². The highest BCUT2D eigenvalue weighted by Crippen LogP contribution is 2.33. The average molecular weight is 331 g/mol. The molecule has 0 saturated heterocycles. The summed E-state index contributed by atoms with van der Waals surface area (Å²) in [5.41, 5.74) is 3.27. The summed E-state index contributed by atoms with van der Waals surface area (Å²) in [6.45, 7) is 0. The molecular weight excluding hydrogens is 314 g/mol. The fourth-order valence-electron chi connectivity index (χ4n) is 3.25. The molecule has 1 aliphatic rings. The van der Waals surface area contributed by atoms with Crippen molar-refractivity contribution < 1.29 is 14.4 Å². The van der Waals surface area contributed by atoms with E-state index in [2.05, 4.69) is 29.4 Å². The van der Waals surface area contributed by atoms with Crippen molar-refractivity contribution in [3.63, 3.8) is 0 Å². The van der Waals surface area contributed by atoms with Crippen molar-refractivity contribution >= 4 is 22.5 Å². The largest absolute Gasteiger partial charge is 0.465 e. The van der Waals surface area contributed by atoms with Gasteiger partial charge in [-0.1, -0.05) is 65.8 Å². The Bertz CT molecular complexity index is 972. The van der Waals surface area contributed by atoms with Crippen LogP contribution in [0.2, 0.25) is 0 Å². The van der Waals surface area contributed by atoms with E-state index in [1.807, 2.05) is 36.4 Å². The van der Waals surface area contributed by atoms with Crippen LogP contribution in [0.5, 0.6) is 0 Å². The lowest BCUT2D eigenvalue weighted by molar-refractivity contribution is 0.0577. The number of esters is 1. The number of hydrogen-bond donors (Lipinski definition) is 0. The van der Waals surface area contributed by atoms with Gasteiger partial charge >= 0.3 is 5.97 Å². The molecule has 0 radical (unpaired) electrons. The van der Waals surface area contributed by atoms with Crippen LogP contribution in [0, 0.1) is 0 Å². The Kier molecular flexibility index (Phi) is 3.94. The summed E-state index contributed by atoms with van der Waals surface area (Å²) in [6, 6.07) is 21.7. The molecule has 1 unspecified atom stereocenters. The summed E-state index contributed by atoms with van der Waals surface area (Å²) >= 11 is 0. The molecule has 4 heteroatoms. The van der Waals surface area contributed by atoms with E-state index in [0.29, 0.717) is 12.0 Å². The molecule has 3 aromatic rings. The van der Waals surface area contributed by atoms with Crippen LogP contribution in [0.15, 0.2) is 71.9 Å². The van der Waals surface area contributed by atoms with Gasteiger partial charge in [-0.15, -0.1) is 0 Å². The Morgan fingerprint density at radius 2 is 1.80 bits per heavy atom. The van der Waals surface area contributed by atoms with Crippen LogP contribution in [0.4, 0.5) is 0 Å². The van der Waals surface area contributed by atoms with E-state index >= 15 is 0 Å². The zero-order chi connectivity index (χ0) is 17.2. The Morgan fingerprint density at radius 1 is 1.04 bits per heavy atom. The van der Waals surface area contributed by atoms with Gasteiger partial charge in [-0.05, 0) is 16.8 Å². The minimum absolute atomic E-state index is 0.288. The van der Waals surface area contributed by atoms with Crippen molar-refractivity contribution in [2.75, 3.05) is 7.11 Å². The number of nitrogens with zero attached hydrogens (tertiary/aromatic N) is 1. The molecule has 25 heavy (non-hydrogen) atoms. The number of rotatable bonds is 3. The van der Waals surface area contributed by atoms with Crippen LogP contribution in [0.25, 0.3) is 10.8 Å². The predicted molar refractivity (Wildman–Crippen MR) is 96.7 cm³/mol. The minimum Gasteiger partial charge on any atom is -0.465 e. The second-order valence-corrected chi connectivity index (χ2v) is 5.94. The van der Waals surface area contributed by atoms with Gasteiger partial charge in [-0.2, -0.15) is 0 Å². The molecule has 4 rings (SSSR count). The second kappa shape index (κ2) is 6.40. The monoisotopic (exact) mass is 331 g/mol. The van der Waals surface area contributed by atoms with E-state index in [1.165, 1.54) is 12.5 Å². The smallest absolute Gasteiger partial charge is 0.338 e. The van der Waals surface area contributed by atoms with E-state index in [0.717, 1.165) is 22.2 Å². The van der Waals surface area contributed by atoms with Gasteiger partial charge in [0.15, 0.2) is 6.10 Å². The number of carbonyl (C=O) groups is 1. The molecule has 0 fully saturated rings. The average Bonchev–Trinajstić information content (AvgIpc) is 3.16. The van der Waals surface area contributed by atoms with Crippen LogP contribution in [-0.2, 0) is 9.57 Å². The van der Waals surface area contributed by atoms with Crippen molar-refractivity contribution in [3.05, 3.63) is 83.4 Å². The Morgan fingerprint density at radius 3 is 2.68 bits per heavy atom. The molecule has 124 valence electrons. The fraction of sp³-hybridized carbons (Fsp3) is 0.143. The zero-order valence-electron chi connectivity index (χ0n) is 13.8. The highest BCUT2D eigenvalue weighted by atomic mass is 16.6. The molecule has 1 aliphatic heterocycles. The van der Waals surface area contributed by atoms with Crippen molar-refractivity contribution in [2.45, 2.75) is 12.5 Å². The van der Waals surface area contributed by atoms with Crippen LogP contribution < -0.4 is 0 Å². The Labute approximate surface area is 145 Å². The standard InChI is InChI=1S/C21H17NO3/c1-24-21(23)18-11-5-4-10-17(18)20-13-19(22-25-20)16-12-6-8-14-7-2-3-9-15(14)16/h2-12,20H,13H2,1H3. The normalized spacial score (nSPS) is 16.4. The Hall–Kier alpha value is -3.14. The molecule has 0 N–H and O–H groups in total. The minimum atomic E-state index is -0.363. The van der Waals surface area contributed by atoms with Crippen LogP contribution >= 0.6 is 0 Å². The number of ether oxygens (including phenoxy) is 1. The van der Waals surface area contributed by atoms with Gasteiger partial charge in [0.25, 0.3) is 0 Å². The lowest BCUT2D eigenvalue weighted by Crippen LogP contribution is -2.10. The molecule has 0 amide bonds. The first-order chi connectivity index (χ1) is 12.3. The zero-order valence-corrected chi connectivity index (χ0v) is 13.8. The van der Waals surface area contributed by atoms with Crippen LogP contribution in [0.1, 0.15) is 34.0 Å². The lowest BCUT2D eigenvalue weighted by atomic mass is 9.94. The third kappa shape index (κ3) is 2.76. The van der Waals surface area contributed by atoms with E-state index < -0.39 is 0 Å². The highest BCUT2D eigenvalue weighted by molar-refractivity contribution is 6.11. The maximum absolute atomic E-state index is 12.0. The third-order valence-corrected chi connectivity index (χ3v) is 4.48. The van der Waals surface area contributed by atoms with Crippen LogP contribution in [-0.4, -0.2) is 18.8 Å². The first kappa shape index (κ1) is 15.4. The van der Waals surface area contributed by atoms with E-state index in [-0.39, 0.29) is 12.1 Å². The molecule has 0 saturated carbocycles. The number of methoxy groups -OCH3 is 1. The van der Waals surface area contributed by atoms with Crippen molar-refractivity contribution in [2.24, 2.45) is 5.16 Å². The van der Waals surface area contributed by atoms with Crippen molar-refractivity contribution in [1.29, 1.82) is 0 Å². The molecule has 0 aliphatic carbocycles. The molecule has 4 nitrogen and oxygen atoms in total. The molecule has 0 aromatic heterocycles. The quantitative estimate of drug-likeness (QED) is 0.664. The van der Waals surface area contributed by atoms with Gasteiger partial charge in [0, 0.05) is 17.5 Å². The van der Waals surface area contributed by atoms with Crippen molar-refractivity contribution in [1.82, 2.24) is 0 Å². The van der Waals surface area contributed by atoms with E-state index in [9.17, 15) is 4.79 Å². The topological polar surface area (TPSA) is 47.9 Å². The summed E-state index contributed by atoms with van der Waals surface area (Å²) < 4.78 is 4.87. The summed E-state index contributed by atoms with van der Waals surface area (Å²) in [4.78, 5) is 17.7. The summed E-state index contributed by atoms with van der Waals surface area (Å²) in [5.74, 6) is -0.363. The van der Waals surface area contributed by atoms with E-state index in [1.54, 1.807) is 6.07 Å². The predicted octanol–water partition coefficient (Wildman–Crippen LogP) is 4.49. The Balaban J connectivity index is 1.67. The maximum atomic E-state index is 12.0. The number of fused-ring (bicyclic) bond motifs is 1. The maximum Gasteiger partial charge on any atom is 0.338 e. The molecular formula is C21H17NO3. The molecule has 1 atom stereocenters. The number of benzene rings is 3. The van der Waals surface area contributed by atoms with Gasteiger partial charge in [0.05, 0.1) is 18.4 Å². The molecule has 3 aromatic carbocycles. The van der Waals surface area contributed by atoms with Gasteiger partial charge in [0.1, 0.15) is 0 Å². The SMILES string of the molecule is COC(=O)c1ccccc1C1CC(c2cccc3ccccc23)=NO1. The van der Waals surface area contributed by atoms with Gasteiger partial charge < -0.3 is 9.57 Å². The first-order valence-electron chi connectivity index (χ1n) is 8.16. The van der Waals surface area contributed by atoms with Gasteiger partial charge in [-0.25, -0.2) is 4.79 Å². The summed E-state index contributed by atoms with van der Waals surface area (Å²) in [5, 5.41) is 6.62. The van der Waals surface area contributed by atoms with Gasteiger partial charge in [0.2, 0.25) is 0 Å². The lowest BCUT2D eigenvalue weighted by Gasteiger charge is -2.12. The molecule has 1 heterocycles. The van der Waals surface area contributed by atoms with Gasteiger partial charge in [-0.3, -0.25) is 0 Å². The third-order valence-electron chi connectivity index (χ3n) is 4.48. The van der Waals surface area contributed by atoms with Crippen molar-refractivity contribution in [3.8, 4) is 0 Å². The first-order valence-corrected chi connectivity index (χ1v) is 8.16. The number of carbonyl (C=O) groups excluding carboxylic acids is 1. The fourth-order valence-corrected chi connectivity index (χ4v) is 3.25. The van der Waals surface area contributed by atoms with Crippen LogP contribution in [0.3, 0.4) is 0 Å². The highest BCUT2D eigenvalue weighted by Gasteiger charge is 2.28.